The molecule has 0 unspecified atom stereocenters. The third-order valence-electron chi connectivity index (χ3n) is 12.4. The SMILES string of the molecule is CC1=N[C@@H]2CCCC[C@H]2N=C(C)c2ccc(cc2)C(C)=N[C@@H]2CCCC[C@H]2N=C(C)c2ccc(cc2)C(C)=N[C@@H]2CCCC[C@H]2N=C(C)c2ccc1cc2. The number of hydrogen-bond donors (Lipinski definition) is 0. The summed E-state index contributed by atoms with van der Waals surface area (Å²) < 4.78 is 0. The fourth-order valence-corrected chi connectivity index (χ4v) is 8.98. The van der Waals surface area contributed by atoms with Gasteiger partial charge in [0.25, 0.3) is 0 Å². The molecule has 6 atom stereocenters. The van der Waals surface area contributed by atoms with Crippen molar-refractivity contribution in [2.45, 2.75) is 155 Å². The fraction of sp³-hybridized carbons (Fsp3) is 0.500. The molecule has 3 aliphatic carbocycles. The number of nitrogens with zero attached hydrogens (tertiary/aromatic N) is 6. The third-order valence-corrected chi connectivity index (χ3v) is 12.4. The maximum Gasteiger partial charge on any atom is 0.0726 e. The summed E-state index contributed by atoms with van der Waals surface area (Å²) in [5.74, 6) is 0. The van der Waals surface area contributed by atoms with Crippen LogP contribution in [0.3, 0.4) is 0 Å². The van der Waals surface area contributed by atoms with Crippen LogP contribution < -0.4 is 0 Å². The maximum absolute atomic E-state index is 5.32. The molecule has 4 heterocycles. The molecule has 3 saturated carbocycles. The van der Waals surface area contributed by atoms with Gasteiger partial charge in [0.15, 0.2) is 0 Å². The Morgan fingerprint density at radius 1 is 0.259 bits per heavy atom. The van der Waals surface area contributed by atoms with Gasteiger partial charge in [-0.2, -0.15) is 0 Å². The zero-order valence-electron chi connectivity index (χ0n) is 33.6. The number of rotatable bonds is 0. The largest absolute Gasteiger partial charge is 0.284 e. The second-order valence-electron chi connectivity index (χ2n) is 16.3. The Morgan fingerprint density at radius 3 is 0.519 bits per heavy atom. The van der Waals surface area contributed by atoms with E-state index in [2.05, 4.69) is 114 Å². The molecule has 3 fully saturated rings. The third kappa shape index (κ3) is 9.13. The molecule has 0 aromatic heterocycles. The molecule has 282 valence electrons. The molecule has 0 saturated heterocycles. The van der Waals surface area contributed by atoms with Crippen molar-refractivity contribution in [3.63, 3.8) is 0 Å². The van der Waals surface area contributed by atoms with Crippen LogP contribution >= 0.6 is 0 Å². The Kier molecular flexibility index (Phi) is 12.3. The average molecular weight is 721 g/mol. The molecule has 3 aromatic rings. The van der Waals surface area contributed by atoms with Crippen molar-refractivity contribution in [1.29, 1.82) is 0 Å². The molecular weight excluding hydrogens is 661 g/mol. The van der Waals surface area contributed by atoms with Crippen molar-refractivity contribution in [2.24, 2.45) is 30.0 Å². The molecule has 0 N–H and O–H groups in total. The lowest BCUT2D eigenvalue weighted by atomic mass is 9.90. The summed E-state index contributed by atoms with van der Waals surface area (Å²) in [6.45, 7) is 13.0. The number of aliphatic imine (C=N–C) groups is 6. The van der Waals surface area contributed by atoms with Crippen LogP contribution in [0.5, 0.6) is 0 Å². The minimum Gasteiger partial charge on any atom is -0.284 e. The molecule has 6 nitrogen and oxygen atoms in total. The number of fused-ring (bicyclic) bond motifs is 3. The average Bonchev–Trinajstić information content (AvgIpc) is 3.19. The Morgan fingerprint density at radius 2 is 0.389 bits per heavy atom. The predicted octanol–water partition coefficient (Wildman–Crippen LogP) is 10.9. The summed E-state index contributed by atoms with van der Waals surface area (Å²) in [5.41, 5.74) is 13.6. The smallest absolute Gasteiger partial charge is 0.0726 e. The first kappa shape index (κ1) is 38.0. The van der Waals surface area contributed by atoms with Crippen LogP contribution in [0, 0.1) is 0 Å². The minimum absolute atomic E-state index is 0.199. The Bertz CT molecular complexity index is 1580. The van der Waals surface area contributed by atoms with Gasteiger partial charge in [0, 0.05) is 34.3 Å². The first-order chi connectivity index (χ1) is 26.2. The Balaban J connectivity index is 1.24. The Hall–Kier alpha value is -4.32. The Labute approximate surface area is 324 Å². The van der Waals surface area contributed by atoms with E-state index in [1.54, 1.807) is 0 Å². The van der Waals surface area contributed by atoms with Gasteiger partial charge in [-0.05, 0) is 113 Å². The van der Waals surface area contributed by atoms with Gasteiger partial charge in [-0.15, -0.1) is 0 Å². The van der Waals surface area contributed by atoms with E-state index in [1.165, 1.54) is 71.9 Å². The fourth-order valence-electron chi connectivity index (χ4n) is 8.98. The summed E-state index contributed by atoms with van der Waals surface area (Å²) in [7, 11) is 0. The first-order valence-electron chi connectivity index (χ1n) is 20.8. The summed E-state index contributed by atoms with van der Waals surface area (Å²) >= 11 is 0. The molecule has 0 radical (unpaired) electrons. The summed E-state index contributed by atoms with van der Waals surface area (Å²) in [6.07, 6.45) is 13.7. The highest BCUT2D eigenvalue weighted by atomic mass is 14.9. The van der Waals surface area contributed by atoms with Crippen molar-refractivity contribution in [2.75, 3.05) is 0 Å². The van der Waals surface area contributed by atoms with E-state index in [9.17, 15) is 0 Å². The molecule has 0 spiro atoms. The van der Waals surface area contributed by atoms with Gasteiger partial charge in [0.05, 0.1) is 36.3 Å². The van der Waals surface area contributed by atoms with Crippen molar-refractivity contribution >= 4 is 34.3 Å². The lowest BCUT2D eigenvalue weighted by Crippen LogP contribution is -2.29. The van der Waals surface area contributed by atoms with Crippen LogP contribution in [-0.4, -0.2) is 70.5 Å². The van der Waals surface area contributed by atoms with E-state index in [-0.39, 0.29) is 36.3 Å². The quantitative estimate of drug-likeness (QED) is 0.222. The molecule has 54 heavy (non-hydrogen) atoms. The van der Waals surface area contributed by atoms with Crippen molar-refractivity contribution in [1.82, 2.24) is 0 Å². The van der Waals surface area contributed by atoms with E-state index in [1.807, 2.05) is 0 Å². The second kappa shape index (κ2) is 17.4. The molecule has 6 heteroatoms. The van der Waals surface area contributed by atoms with Gasteiger partial charge in [-0.1, -0.05) is 111 Å². The zero-order valence-corrected chi connectivity index (χ0v) is 33.6. The molecule has 3 aromatic carbocycles. The number of benzene rings is 3. The van der Waals surface area contributed by atoms with Crippen molar-refractivity contribution < 1.29 is 0 Å². The first-order valence-corrected chi connectivity index (χ1v) is 20.8. The van der Waals surface area contributed by atoms with E-state index < -0.39 is 0 Å². The number of hydrogen-bond acceptors (Lipinski definition) is 6. The second-order valence-corrected chi connectivity index (χ2v) is 16.3. The van der Waals surface area contributed by atoms with Crippen LogP contribution in [-0.2, 0) is 0 Å². The maximum atomic E-state index is 5.32. The van der Waals surface area contributed by atoms with Gasteiger partial charge in [0.1, 0.15) is 0 Å². The van der Waals surface area contributed by atoms with Crippen LogP contribution in [0.15, 0.2) is 103 Å². The summed E-state index contributed by atoms with van der Waals surface area (Å²) in [4.78, 5) is 31.9. The molecule has 7 aliphatic rings. The van der Waals surface area contributed by atoms with E-state index in [0.717, 1.165) is 72.8 Å². The molecule has 10 rings (SSSR count). The summed E-state index contributed by atoms with van der Waals surface area (Å²) in [6, 6.07) is 27.8. The van der Waals surface area contributed by atoms with E-state index >= 15 is 0 Å². The van der Waals surface area contributed by atoms with Gasteiger partial charge >= 0.3 is 0 Å². The molecule has 4 aliphatic heterocycles. The minimum atomic E-state index is 0.199. The highest BCUT2D eigenvalue weighted by Gasteiger charge is 2.27. The zero-order chi connectivity index (χ0) is 37.6. The van der Waals surface area contributed by atoms with Crippen LogP contribution in [0.2, 0.25) is 0 Å². The van der Waals surface area contributed by atoms with Crippen molar-refractivity contribution in [3.8, 4) is 0 Å². The van der Waals surface area contributed by atoms with Gasteiger partial charge in [0.2, 0.25) is 0 Å². The van der Waals surface area contributed by atoms with E-state index in [4.69, 9.17) is 30.0 Å². The van der Waals surface area contributed by atoms with Crippen molar-refractivity contribution in [3.05, 3.63) is 106 Å². The standard InChI is InChI=1S/C48H60N6/c1-31-37-19-21-38(22-20-37)32(2)51-45-15-9-10-16-46(45)52-35(5)41-27-29-42(30-28-41)36(6)54-48-18-12-11-17-47(48)53-34(4)40-25-23-39(24-26-40)33(3)50-44-14-8-7-13-43(44)49-31/h19-30,43-48H,7-18H2,1-6H3/t43-,44-,45-,46-,47-,48-/m1/s1. The predicted molar refractivity (Wildman–Crippen MR) is 231 cm³/mol. The van der Waals surface area contributed by atoms with Gasteiger partial charge in [-0.25, -0.2) is 0 Å². The van der Waals surface area contributed by atoms with Gasteiger partial charge in [-0.3, -0.25) is 30.0 Å². The molecular formula is C48H60N6. The monoisotopic (exact) mass is 720 g/mol. The van der Waals surface area contributed by atoms with Crippen LogP contribution in [0.1, 0.15) is 152 Å². The van der Waals surface area contributed by atoms with Crippen LogP contribution in [0.4, 0.5) is 0 Å². The molecule has 0 amide bonds. The lowest BCUT2D eigenvalue weighted by molar-refractivity contribution is 0.388. The normalized spacial score (nSPS) is 27.2. The van der Waals surface area contributed by atoms with Crippen LogP contribution in [0.25, 0.3) is 0 Å². The van der Waals surface area contributed by atoms with Gasteiger partial charge < -0.3 is 0 Å². The summed E-state index contributed by atoms with van der Waals surface area (Å²) in [5, 5.41) is 0. The topological polar surface area (TPSA) is 74.2 Å². The molecule has 6 bridgehead atoms. The highest BCUT2D eigenvalue weighted by molar-refractivity contribution is 6.04. The lowest BCUT2D eigenvalue weighted by Gasteiger charge is -2.27. The van der Waals surface area contributed by atoms with E-state index in [0.29, 0.717) is 0 Å². The highest BCUT2D eigenvalue weighted by Crippen LogP contribution is 2.29.